The van der Waals surface area contributed by atoms with E-state index in [4.69, 9.17) is 4.52 Å². The Morgan fingerprint density at radius 3 is 2.57 bits per heavy atom. The summed E-state index contributed by atoms with van der Waals surface area (Å²) in [5.74, 6) is 0.0979. The van der Waals surface area contributed by atoms with E-state index in [0.717, 1.165) is 5.56 Å². The van der Waals surface area contributed by atoms with E-state index in [9.17, 15) is 9.59 Å². The minimum atomic E-state index is -0.161. The van der Waals surface area contributed by atoms with Crippen molar-refractivity contribution >= 4 is 11.8 Å². The normalized spacial score (nSPS) is 15.4. The molecule has 0 atom stereocenters. The molecule has 1 saturated heterocycles. The lowest BCUT2D eigenvalue weighted by molar-refractivity contribution is -0.126. The maximum absolute atomic E-state index is 12.2. The van der Waals surface area contributed by atoms with Crippen LogP contribution in [0.5, 0.6) is 0 Å². The van der Waals surface area contributed by atoms with Gasteiger partial charge >= 0.3 is 0 Å². The highest BCUT2D eigenvalue weighted by atomic mass is 16.5. The van der Waals surface area contributed by atoms with Crippen LogP contribution in [0.4, 0.5) is 0 Å². The largest absolute Gasteiger partial charge is 0.352 e. The Bertz CT molecular complexity index is 647. The molecule has 23 heavy (non-hydrogen) atoms. The van der Waals surface area contributed by atoms with Crippen molar-refractivity contribution in [3.05, 3.63) is 53.9 Å². The van der Waals surface area contributed by atoms with Gasteiger partial charge in [0.15, 0.2) is 0 Å². The van der Waals surface area contributed by atoms with Crippen molar-refractivity contribution in [3.8, 4) is 0 Å². The van der Waals surface area contributed by atoms with Crippen molar-refractivity contribution in [3.63, 3.8) is 0 Å². The summed E-state index contributed by atoms with van der Waals surface area (Å²) in [6, 6.07) is 11.4. The van der Waals surface area contributed by atoms with Crippen molar-refractivity contribution in [2.75, 3.05) is 13.1 Å². The molecule has 0 aliphatic carbocycles. The number of hydrogen-bond acceptors (Lipinski definition) is 4. The van der Waals surface area contributed by atoms with Crippen molar-refractivity contribution in [2.24, 2.45) is 5.92 Å². The molecule has 1 aliphatic heterocycles. The highest BCUT2D eigenvalue weighted by molar-refractivity contribution is 5.91. The summed E-state index contributed by atoms with van der Waals surface area (Å²) in [5.41, 5.74) is 1.08. The van der Waals surface area contributed by atoms with E-state index in [1.165, 1.54) is 6.20 Å². The van der Waals surface area contributed by atoms with Crippen LogP contribution < -0.4 is 5.32 Å². The van der Waals surface area contributed by atoms with Gasteiger partial charge in [0.2, 0.25) is 11.7 Å². The van der Waals surface area contributed by atoms with E-state index in [0.29, 0.717) is 32.5 Å². The van der Waals surface area contributed by atoms with Crippen LogP contribution in [0.15, 0.2) is 47.1 Å². The number of nitrogens with zero attached hydrogens (tertiary/aromatic N) is 2. The molecule has 0 bridgehead atoms. The van der Waals surface area contributed by atoms with Crippen LogP contribution in [0.2, 0.25) is 0 Å². The van der Waals surface area contributed by atoms with Gasteiger partial charge in [-0.15, -0.1) is 0 Å². The number of benzene rings is 1. The topological polar surface area (TPSA) is 75.4 Å². The lowest BCUT2D eigenvalue weighted by Gasteiger charge is -2.30. The fourth-order valence-electron chi connectivity index (χ4n) is 2.76. The molecule has 0 saturated carbocycles. The molecule has 6 nitrogen and oxygen atoms in total. The SMILES string of the molecule is O=C(NCc1ccccc1)C1CCN(C(=O)c2ccno2)CC1. The lowest BCUT2D eigenvalue weighted by atomic mass is 9.95. The first-order valence-electron chi connectivity index (χ1n) is 7.75. The van der Waals surface area contributed by atoms with Gasteiger partial charge in [0.05, 0.1) is 6.20 Å². The maximum atomic E-state index is 12.2. The molecule has 3 rings (SSSR count). The van der Waals surface area contributed by atoms with E-state index < -0.39 is 0 Å². The minimum Gasteiger partial charge on any atom is -0.352 e. The molecular weight excluding hydrogens is 294 g/mol. The second-order valence-electron chi connectivity index (χ2n) is 5.65. The molecule has 1 N–H and O–H groups in total. The second-order valence-corrected chi connectivity index (χ2v) is 5.65. The van der Waals surface area contributed by atoms with Gasteiger partial charge in [0.1, 0.15) is 0 Å². The zero-order chi connectivity index (χ0) is 16.1. The van der Waals surface area contributed by atoms with Crippen molar-refractivity contribution in [2.45, 2.75) is 19.4 Å². The van der Waals surface area contributed by atoms with Gasteiger partial charge < -0.3 is 14.7 Å². The Labute approximate surface area is 134 Å². The zero-order valence-electron chi connectivity index (χ0n) is 12.8. The Morgan fingerprint density at radius 2 is 1.91 bits per heavy atom. The van der Waals surface area contributed by atoms with Crippen LogP contribution in [0, 0.1) is 5.92 Å². The summed E-state index contributed by atoms with van der Waals surface area (Å²) in [7, 11) is 0. The molecular formula is C17H19N3O3. The summed E-state index contributed by atoms with van der Waals surface area (Å²) in [4.78, 5) is 26.1. The van der Waals surface area contributed by atoms with Crippen molar-refractivity contribution in [1.82, 2.24) is 15.4 Å². The zero-order valence-corrected chi connectivity index (χ0v) is 12.8. The smallest absolute Gasteiger partial charge is 0.292 e. The average molecular weight is 313 g/mol. The van der Waals surface area contributed by atoms with E-state index in [2.05, 4.69) is 10.5 Å². The summed E-state index contributed by atoms with van der Waals surface area (Å²) < 4.78 is 4.89. The number of carbonyl (C=O) groups is 2. The first kappa shape index (κ1) is 15.3. The Kier molecular flexibility index (Phi) is 4.71. The van der Waals surface area contributed by atoms with Gasteiger partial charge in [-0.2, -0.15) is 0 Å². The molecule has 120 valence electrons. The minimum absolute atomic E-state index is 0.0440. The lowest BCUT2D eigenvalue weighted by Crippen LogP contribution is -2.42. The van der Waals surface area contributed by atoms with Gasteiger partial charge in [0.25, 0.3) is 5.91 Å². The predicted octanol–water partition coefficient (Wildman–Crippen LogP) is 1.84. The first-order valence-corrected chi connectivity index (χ1v) is 7.75. The summed E-state index contributed by atoms with van der Waals surface area (Å²) >= 11 is 0. The Morgan fingerprint density at radius 1 is 1.17 bits per heavy atom. The maximum Gasteiger partial charge on any atom is 0.292 e. The summed E-state index contributed by atoms with van der Waals surface area (Å²) in [5, 5.41) is 6.52. The fourth-order valence-corrected chi connectivity index (χ4v) is 2.76. The van der Waals surface area contributed by atoms with E-state index in [1.807, 2.05) is 30.3 Å². The third-order valence-corrected chi connectivity index (χ3v) is 4.11. The third kappa shape index (κ3) is 3.77. The van der Waals surface area contributed by atoms with Gasteiger partial charge in [0, 0.05) is 31.6 Å². The molecule has 6 heteroatoms. The molecule has 2 aromatic rings. The van der Waals surface area contributed by atoms with Crippen LogP contribution >= 0.6 is 0 Å². The van der Waals surface area contributed by atoms with E-state index in [1.54, 1.807) is 11.0 Å². The van der Waals surface area contributed by atoms with Crippen LogP contribution in [-0.4, -0.2) is 35.0 Å². The van der Waals surface area contributed by atoms with Crippen molar-refractivity contribution < 1.29 is 14.1 Å². The predicted molar refractivity (Wildman–Crippen MR) is 83.4 cm³/mol. The van der Waals surface area contributed by atoms with Gasteiger partial charge in [-0.3, -0.25) is 9.59 Å². The average Bonchev–Trinajstić information content (AvgIpc) is 3.15. The number of nitrogens with one attached hydrogen (secondary N) is 1. The van der Waals surface area contributed by atoms with E-state index in [-0.39, 0.29) is 23.5 Å². The first-order chi connectivity index (χ1) is 11.2. The molecule has 1 fully saturated rings. The fraction of sp³-hybridized carbons (Fsp3) is 0.353. The number of aromatic nitrogens is 1. The third-order valence-electron chi connectivity index (χ3n) is 4.11. The number of rotatable bonds is 4. The highest BCUT2D eigenvalue weighted by Gasteiger charge is 2.28. The number of amides is 2. The monoisotopic (exact) mass is 313 g/mol. The molecule has 0 unspecified atom stereocenters. The van der Waals surface area contributed by atoms with Crippen LogP contribution in [0.25, 0.3) is 0 Å². The summed E-state index contributed by atoms with van der Waals surface area (Å²) in [6.07, 6.45) is 2.79. The van der Waals surface area contributed by atoms with Crippen molar-refractivity contribution in [1.29, 1.82) is 0 Å². The number of hydrogen-bond donors (Lipinski definition) is 1. The highest BCUT2D eigenvalue weighted by Crippen LogP contribution is 2.19. The molecule has 1 aromatic carbocycles. The van der Waals surface area contributed by atoms with Crippen LogP contribution in [0.1, 0.15) is 29.0 Å². The van der Waals surface area contributed by atoms with Gasteiger partial charge in [-0.05, 0) is 18.4 Å². The number of carbonyl (C=O) groups excluding carboxylic acids is 2. The molecule has 2 amide bonds. The molecule has 2 heterocycles. The van der Waals surface area contributed by atoms with Crippen LogP contribution in [-0.2, 0) is 11.3 Å². The van der Waals surface area contributed by atoms with Gasteiger partial charge in [-0.1, -0.05) is 35.5 Å². The number of likely N-dealkylation sites (tertiary alicyclic amines) is 1. The molecule has 1 aliphatic rings. The second kappa shape index (κ2) is 7.09. The van der Waals surface area contributed by atoms with Crippen LogP contribution in [0.3, 0.4) is 0 Å². The Hall–Kier alpha value is -2.63. The summed E-state index contributed by atoms with van der Waals surface area (Å²) in [6.45, 7) is 1.66. The number of piperidine rings is 1. The van der Waals surface area contributed by atoms with E-state index >= 15 is 0 Å². The molecule has 0 spiro atoms. The standard InChI is InChI=1S/C17H19N3O3/c21-16(18-12-13-4-2-1-3-5-13)14-7-10-20(11-8-14)17(22)15-6-9-19-23-15/h1-6,9,14H,7-8,10-12H2,(H,18,21). The molecule has 0 radical (unpaired) electrons. The quantitative estimate of drug-likeness (QED) is 0.934. The Balaban J connectivity index is 1.47. The van der Waals surface area contributed by atoms with Gasteiger partial charge in [-0.25, -0.2) is 0 Å². The molecule has 1 aromatic heterocycles.